The number of nitrogens with one attached hydrogen (secondary N) is 2. The van der Waals surface area contributed by atoms with E-state index in [1.165, 1.54) is 18.4 Å². The molecule has 2 saturated heterocycles. The Hall–Kier alpha value is -1.59. The summed E-state index contributed by atoms with van der Waals surface area (Å²) in [5.41, 5.74) is 1.23. The molecule has 0 saturated carbocycles. The number of carbonyl (C=O) groups excluding carboxylic acids is 1. The number of ether oxygens (including phenoxy) is 2. The third kappa shape index (κ3) is 4.98. The minimum Gasteiger partial charge on any atom is -0.497 e. The highest BCUT2D eigenvalue weighted by Gasteiger charge is 2.34. The van der Waals surface area contributed by atoms with E-state index in [4.69, 9.17) is 9.47 Å². The Morgan fingerprint density at radius 1 is 1.23 bits per heavy atom. The summed E-state index contributed by atoms with van der Waals surface area (Å²) >= 11 is 0. The predicted molar refractivity (Wildman–Crippen MR) is 103 cm³/mol. The molecule has 3 rings (SSSR count). The second kappa shape index (κ2) is 9.38. The van der Waals surface area contributed by atoms with Gasteiger partial charge in [-0.15, -0.1) is 0 Å². The average molecular weight is 360 g/mol. The first-order chi connectivity index (χ1) is 12.7. The van der Waals surface area contributed by atoms with Crippen molar-refractivity contribution in [3.8, 4) is 5.75 Å². The molecule has 0 bridgehead atoms. The molecule has 2 fully saturated rings. The summed E-state index contributed by atoms with van der Waals surface area (Å²) in [4.78, 5) is 12.4. The molecule has 5 heteroatoms. The van der Waals surface area contributed by atoms with Crippen LogP contribution in [0.1, 0.15) is 44.1 Å². The number of carbonyl (C=O) groups is 1. The minimum atomic E-state index is -0.0328. The van der Waals surface area contributed by atoms with Crippen molar-refractivity contribution in [2.75, 3.05) is 40.0 Å². The maximum atomic E-state index is 12.4. The number of amides is 1. The van der Waals surface area contributed by atoms with Crippen LogP contribution in [0.5, 0.6) is 5.75 Å². The molecule has 2 aliphatic heterocycles. The summed E-state index contributed by atoms with van der Waals surface area (Å²) in [6.07, 6.45) is 5.91. The lowest BCUT2D eigenvalue weighted by Gasteiger charge is -2.38. The molecule has 0 aliphatic carbocycles. The molecule has 2 heterocycles. The molecular formula is C21H32N2O3. The fourth-order valence-corrected chi connectivity index (χ4v) is 4.14. The molecule has 5 nitrogen and oxygen atoms in total. The van der Waals surface area contributed by atoms with Crippen LogP contribution >= 0.6 is 0 Å². The maximum Gasteiger partial charge on any atom is 0.220 e. The van der Waals surface area contributed by atoms with Gasteiger partial charge in [0.2, 0.25) is 5.91 Å². The smallest absolute Gasteiger partial charge is 0.220 e. The molecule has 0 aromatic heterocycles. The van der Waals surface area contributed by atoms with Gasteiger partial charge in [0.05, 0.1) is 7.11 Å². The van der Waals surface area contributed by atoms with E-state index in [9.17, 15) is 4.79 Å². The fourth-order valence-electron chi connectivity index (χ4n) is 4.14. The van der Waals surface area contributed by atoms with Gasteiger partial charge in [0.25, 0.3) is 0 Å². The van der Waals surface area contributed by atoms with Gasteiger partial charge in [-0.25, -0.2) is 0 Å². The van der Waals surface area contributed by atoms with Crippen LogP contribution in [0.25, 0.3) is 0 Å². The number of benzene rings is 1. The first-order valence-electron chi connectivity index (χ1n) is 9.91. The van der Waals surface area contributed by atoms with E-state index in [0.717, 1.165) is 51.3 Å². The summed E-state index contributed by atoms with van der Waals surface area (Å²) in [5, 5.41) is 6.60. The molecule has 2 N–H and O–H groups in total. The van der Waals surface area contributed by atoms with Crippen LogP contribution in [-0.2, 0) is 14.9 Å². The molecule has 1 amide bonds. The quantitative estimate of drug-likeness (QED) is 0.785. The molecular weight excluding hydrogens is 328 g/mol. The van der Waals surface area contributed by atoms with Crippen LogP contribution in [0.15, 0.2) is 24.3 Å². The standard InChI is InChI=1S/C21H32N2O3/c1-25-19-5-3-18(4-6-19)21(10-14-26-15-11-21)16-23-20(24)7-2-17-8-12-22-13-9-17/h3-6,17,22H,2,7-16H2,1H3,(H,23,24). The van der Waals surface area contributed by atoms with E-state index >= 15 is 0 Å². The third-order valence-electron chi connectivity index (χ3n) is 6.01. The van der Waals surface area contributed by atoms with E-state index in [1.807, 2.05) is 12.1 Å². The van der Waals surface area contributed by atoms with Gasteiger partial charge in [0, 0.05) is 31.6 Å². The molecule has 1 aromatic carbocycles. The van der Waals surface area contributed by atoms with Gasteiger partial charge in [-0.1, -0.05) is 12.1 Å². The van der Waals surface area contributed by atoms with Crippen LogP contribution in [-0.4, -0.2) is 45.9 Å². The molecule has 0 atom stereocenters. The first-order valence-corrected chi connectivity index (χ1v) is 9.91. The summed E-state index contributed by atoms with van der Waals surface area (Å²) in [7, 11) is 1.68. The van der Waals surface area contributed by atoms with Crippen LogP contribution in [0, 0.1) is 5.92 Å². The van der Waals surface area contributed by atoms with Gasteiger partial charge in [-0.05, 0) is 68.8 Å². The molecule has 0 unspecified atom stereocenters. The van der Waals surface area contributed by atoms with Gasteiger partial charge < -0.3 is 20.1 Å². The largest absolute Gasteiger partial charge is 0.497 e. The second-order valence-electron chi connectivity index (χ2n) is 7.63. The Balaban J connectivity index is 1.56. The Labute approximate surface area is 156 Å². The maximum absolute atomic E-state index is 12.4. The van der Waals surface area contributed by atoms with E-state index in [2.05, 4.69) is 22.8 Å². The Morgan fingerprint density at radius 2 is 1.92 bits per heavy atom. The third-order valence-corrected chi connectivity index (χ3v) is 6.01. The summed E-state index contributed by atoms with van der Waals surface area (Å²) in [6.45, 7) is 4.36. The highest BCUT2D eigenvalue weighted by atomic mass is 16.5. The average Bonchev–Trinajstić information content (AvgIpc) is 2.72. The summed E-state index contributed by atoms with van der Waals surface area (Å²) < 4.78 is 10.9. The van der Waals surface area contributed by atoms with E-state index in [-0.39, 0.29) is 11.3 Å². The SMILES string of the molecule is COc1ccc(C2(CNC(=O)CCC3CCNCC3)CCOCC2)cc1. The Kier molecular flexibility index (Phi) is 6.92. The highest BCUT2D eigenvalue weighted by Crippen LogP contribution is 2.35. The molecule has 144 valence electrons. The summed E-state index contributed by atoms with van der Waals surface area (Å²) in [5.74, 6) is 1.74. The van der Waals surface area contributed by atoms with Crippen molar-refractivity contribution < 1.29 is 14.3 Å². The van der Waals surface area contributed by atoms with Crippen molar-refractivity contribution in [1.29, 1.82) is 0 Å². The zero-order valence-electron chi connectivity index (χ0n) is 15.9. The highest BCUT2D eigenvalue weighted by molar-refractivity contribution is 5.76. The first kappa shape index (κ1) is 19.2. The number of piperidine rings is 1. The van der Waals surface area contributed by atoms with Crippen molar-refractivity contribution in [3.05, 3.63) is 29.8 Å². The predicted octanol–water partition coefficient (Wildman–Crippen LogP) is 2.64. The fraction of sp³-hybridized carbons (Fsp3) is 0.667. The second-order valence-corrected chi connectivity index (χ2v) is 7.63. The van der Waals surface area contributed by atoms with E-state index in [1.54, 1.807) is 7.11 Å². The van der Waals surface area contributed by atoms with Crippen molar-refractivity contribution in [1.82, 2.24) is 10.6 Å². The van der Waals surface area contributed by atoms with Crippen LogP contribution in [0.4, 0.5) is 0 Å². The molecule has 26 heavy (non-hydrogen) atoms. The molecule has 1 aromatic rings. The topological polar surface area (TPSA) is 59.6 Å². The van der Waals surface area contributed by atoms with E-state index < -0.39 is 0 Å². The number of hydrogen-bond donors (Lipinski definition) is 2. The Morgan fingerprint density at radius 3 is 2.58 bits per heavy atom. The lowest BCUT2D eigenvalue weighted by Crippen LogP contribution is -2.44. The lowest BCUT2D eigenvalue weighted by atomic mass is 9.74. The monoisotopic (exact) mass is 360 g/mol. The molecule has 2 aliphatic rings. The van der Waals surface area contributed by atoms with Crippen LogP contribution in [0.2, 0.25) is 0 Å². The van der Waals surface area contributed by atoms with Crippen molar-refractivity contribution >= 4 is 5.91 Å². The van der Waals surface area contributed by atoms with E-state index in [0.29, 0.717) is 18.9 Å². The summed E-state index contributed by atoms with van der Waals surface area (Å²) in [6, 6.07) is 8.27. The zero-order valence-corrected chi connectivity index (χ0v) is 15.9. The number of methoxy groups -OCH3 is 1. The molecule has 0 radical (unpaired) electrons. The van der Waals surface area contributed by atoms with Crippen LogP contribution < -0.4 is 15.4 Å². The lowest BCUT2D eigenvalue weighted by molar-refractivity contribution is -0.122. The number of hydrogen-bond acceptors (Lipinski definition) is 4. The minimum absolute atomic E-state index is 0.0328. The van der Waals surface area contributed by atoms with Gasteiger partial charge in [-0.3, -0.25) is 4.79 Å². The van der Waals surface area contributed by atoms with Crippen molar-refractivity contribution in [2.24, 2.45) is 5.92 Å². The Bertz CT molecular complexity index is 561. The van der Waals surface area contributed by atoms with Crippen molar-refractivity contribution in [3.63, 3.8) is 0 Å². The van der Waals surface area contributed by atoms with Gasteiger partial charge in [0.15, 0.2) is 0 Å². The van der Waals surface area contributed by atoms with Gasteiger partial charge >= 0.3 is 0 Å². The normalized spacial score (nSPS) is 20.5. The zero-order chi connectivity index (χ0) is 18.2. The van der Waals surface area contributed by atoms with Crippen LogP contribution in [0.3, 0.4) is 0 Å². The van der Waals surface area contributed by atoms with Crippen molar-refractivity contribution in [2.45, 2.75) is 43.9 Å². The molecule has 0 spiro atoms. The van der Waals surface area contributed by atoms with Gasteiger partial charge in [0.1, 0.15) is 5.75 Å². The number of rotatable bonds is 7. The van der Waals surface area contributed by atoms with Gasteiger partial charge in [-0.2, -0.15) is 0 Å².